The van der Waals surface area contributed by atoms with Crippen LogP contribution in [0.25, 0.3) is 0 Å². The van der Waals surface area contributed by atoms with Gasteiger partial charge in [0.05, 0.1) is 6.61 Å². The molecule has 0 aromatic heterocycles. The average Bonchev–Trinajstić information content (AvgIpc) is 2.62. The minimum atomic E-state index is -0.00200. The Bertz CT molecular complexity index is 755. The number of hydrogen-bond donors (Lipinski definition) is 2. The van der Waals surface area contributed by atoms with Crippen LogP contribution in [0.5, 0.6) is 5.75 Å². The molecule has 0 saturated heterocycles. The van der Waals surface area contributed by atoms with Crippen molar-refractivity contribution >= 4 is 5.91 Å². The largest absolute Gasteiger partial charge is 0.494 e. The lowest BCUT2D eigenvalue weighted by Crippen LogP contribution is -2.35. The lowest BCUT2D eigenvalue weighted by Gasteiger charge is -2.13. The van der Waals surface area contributed by atoms with E-state index in [0.29, 0.717) is 19.6 Å². The average molecular weight is 350 g/mol. The zero-order valence-corrected chi connectivity index (χ0v) is 15.4. The van der Waals surface area contributed by atoms with Gasteiger partial charge >= 0.3 is 0 Å². The van der Waals surface area contributed by atoms with Crippen LogP contribution in [0.15, 0.2) is 48.5 Å². The quantitative estimate of drug-likeness (QED) is 0.755. The first-order valence-corrected chi connectivity index (χ1v) is 8.94. The fourth-order valence-corrected chi connectivity index (χ4v) is 2.55. The number of nitrogens with two attached hydrogens (primary N) is 1. The van der Waals surface area contributed by atoms with Gasteiger partial charge in [-0.3, -0.25) is 4.79 Å². The molecule has 0 radical (unpaired) electrons. The van der Waals surface area contributed by atoms with Crippen LogP contribution < -0.4 is 15.8 Å². The summed E-state index contributed by atoms with van der Waals surface area (Å²) in [6.07, 6.45) is 1.15. The van der Waals surface area contributed by atoms with E-state index in [2.05, 4.69) is 17.2 Å². The number of benzene rings is 2. The molecule has 0 bridgehead atoms. The Kier molecular flexibility index (Phi) is 7.73. The standard InChI is InChI=1S/C22H26N2O2/c1-3-26-21-12-10-19(11-13-21)5-4-18-6-8-20(9-7-18)16-17(2)24-22(25)14-15-23/h6-13,17H,3,14-16,23H2,1-2H3,(H,24,25). The van der Waals surface area contributed by atoms with E-state index in [-0.39, 0.29) is 11.9 Å². The molecule has 26 heavy (non-hydrogen) atoms. The van der Waals surface area contributed by atoms with Crippen molar-refractivity contribution in [3.63, 3.8) is 0 Å². The molecular formula is C22H26N2O2. The third kappa shape index (κ3) is 6.62. The Hall–Kier alpha value is -2.77. The second-order valence-corrected chi connectivity index (χ2v) is 6.12. The van der Waals surface area contributed by atoms with Crippen molar-refractivity contribution in [2.24, 2.45) is 5.73 Å². The van der Waals surface area contributed by atoms with Crippen LogP contribution in [0.3, 0.4) is 0 Å². The van der Waals surface area contributed by atoms with Gasteiger partial charge in [0.1, 0.15) is 5.75 Å². The molecule has 1 amide bonds. The number of carbonyl (C=O) groups excluding carboxylic acids is 1. The number of rotatable bonds is 7. The normalized spacial score (nSPS) is 11.2. The summed E-state index contributed by atoms with van der Waals surface area (Å²) in [6.45, 7) is 4.99. The van der Waals surface area contributed by atoms with Crippen molar-refractivity contribution in [1.29, 1.82) is 0 Å². The Labute approximate surface area is 155 Å². The van der Waals surface area contributed by atoms with Crippen molar-refractivity contribution in [1.82, 2.24) is 5.32 Å². The molecule has 2 rings (SSSR count). The third-order valence-corrected chi connectivity index (χ3v) is 3.79. The Morgan fingerprint density at radius 2 is 1.65 bits per heavy atom. The molecule has 3 N–H and O–H groups in total. The summed E-state index contributed by atoms with van der Waals surface area (Å²) in [7, 11) is 0. The molecule has 0 fully saturated rings. The van der Waals surface area contributed by atoms with Crippen molar-refractivity contribution in [2.45, 2.75) is 32.7 Å². The van der Waals surface area contributed by atoms with Crippen LogP contribution in [0.1, 0.15) is 37.0 Å². The topological polar surface area (TPSA) is 64.3 Å². The zero-order valence-electron chi connectivity index (χ0n) is 15.4. The first kappa shape index (κ1) is 19.6. The summed E-state index contributed by atoms with van der Waals surface area (Å²) in [5.74, 6) is 7.18. The number of ether oxygens (including phenoxy) is 1. The van der Waals surface area contributed by atoms with Gasteiger partial charge in [0.2, 0.25) is 5.91 Å². The number of carbonyl (C=O) groups is 1. The van der Waals surface area contributed by atoms with Gasteiger partial charge in [0, 0.05) is 30.1 Å². The van der Waals surface area contributed by atoms with Gasteiger partial charge in [0.15, 0.2) is 0 Å². The highest BCUT2D eigenvalue weighted by Crippen LogP contribution is 2.12. The molecule has 0 saturated carbocycles. The second-order valence-electron chi connectivity index (χ2n) is 6.12. The van der Waals surface area contributed by atoms with Crippen molar-refractivity contribution in [3.8, 4) is 17.6 Å². The van der Waals surface area contributed by atoms with E-state index in [1.54, 1.807) is 0 Å². The van der Waals surface area contributed by atoms with E-state index in [4.69, 9.17) is 10.5 Å². The molecule has 0 aliphatic heterocycles. The first-order chi connectivity index (χ1) is 12.6. The maximum Gasteiger partial charge on any atom is 0.221 e. The van der Waals surface area contributed by atoms with Crippen molar-refractivity contribution < 1.29 is 9.53 Å². The lowest BCUT2D eigenvalue weighted by molar-refractivity contribution is -0.121. The molecule has 2 aromatic carbocycles. The van der Waals surface area contributed by atoms with Crippen LogP contribution in [0.2, 0.25) is 0 Å². The molecule has 136 valence electrons. The predicted octanol–water partition coefficient (Wildman–Crippen LogP) is 2.88. The van der Waals surface area contributed by atoms with Gasteiger partial charge in [-0.15, -0.1) is 0 Å². The van der Waals surface area contributed by atoms with E-state index in [0.717, 1.165) is 28.9 Å². The molecule has 4 heteroatoms. The van der Waals surface area contributed by atoms with Gasteiger partial charge in [-0.05, 0) is 62.2 Å². The molecular weight excluding hydrogens is 324 g/mol. The minimum Gasteiger partial charge on any atom is -0.494 e. The monoisotopic (exact) mass is 350 g/mol. The van der Waals surface area contributed by atoms with Crippen LogP contribution in [0.4, 0.5) is 0 Å². The highest BCUT2D eigenvalue weighted by atomic mass is 16.5. The smallest absolute Gasteiger partial charge is 0.221 e. The lowest BCUT2D eigenvalue weighted by atomic mass is 10.0. The van der Waals surface area contributed by atoms with Crippen LogP contribution in [-0.2, 0) is 11.2 Å². The van der Waals surface area contributed by atoms with E-state index < -0.39 is 0 Å². The van der Waals surface area contributed by atoms with E-state index in [1.165, 1.54) is 0 Å². The summed E-state index contributed by atoms with van der Waals surface area (Å²) in [4.78, 5) is 11.6. The predicted molar refractivity (Wildman–Crippen MR) is 105 cm³/mol. The maximum absolute atomic E-state index is 11.6. The van der Waals surface area contributed by atoms with Crippen molar-refractivity contribution in [2.75, 3.05) is 13.2 Å². The summed E-state index contributed by atoms with van der Waals surface area (Å²) >= 11 is 0. The fourth-order valence-electron chi connectivity index (χ4n) is 2.55. The van der Waals surface area contributed by atoms with Gasteiger partial charge in [-0.1, -0.05) is 24.0 Å². The number of amides is 1. The van der Waals surface area contributed by atoms with Gasteiger partial charge in [-0.2, -0.15) is 0 Å². The zero-order chi connectivity index (χ0) is 18.8. The second kappa shape index (κ2) is 10.3. The van der Waals surface area contributed by atoms with Crippen LogP contribution >= 0.6 is 0 Å². The number of nitrogens with one attached hydrogen (secondary N) is 1. The molecule has 0 aliphatic carbocycles. The summed E-state index contributed by atoms with van der Waals surface area (Å²) < 4.78 is 5.43. The SMILES string of the molecule is CCOc1ccc(C#Cc2ccc(CC(C)NC(=O)CCN)cc2)cc1. The molecule has 4 nitrogen and oxygen atoms in total. The van der Waals surface area contributed by atoms with E-state index >= 15 is 0 Å². The third-order valence-electron chi connectivity index (χ3n) is 3.79. The molecule has 0 aliphatic rings. The number of hydrogen-bond acceptors (Lipinski definition) is 3. The molecule has 1 unspecified atom stereocenters. The Morgan fingerprint density at radius 1 is 1.08 bits per heavy atom. The first-order valence-electron chi connectivity index (χ1n) is 8.94. The molecule has 0 heterocycles. The summed E-state index contributed by atoms with van der Waals surface area (Å²) in [5.41, 5.74) is 8.46. The van der Waals surface area contributed by atoms with Crippen LogP contribution in [-0.4, -0.2) is 25.1 Å². The highest BCUT2D eigenvalue weighted by molar-refractivity contribution is 5.76. The van der Waals surface area contributed by atoms with E-state index in [9.17, 15) is 4.79 Å². The molecule has 2 aromatic rings. The Morgan fingerprint density at radius 3 is 2.19 bits per heavy atom. The summed E-state index contributed by atoms with van der Waals surface area (Å²) in [6, 6.07) is 16.0. The maximum atomic E-state index is 11.6. The molecule has 0 spiro atoms. The van der Waals surface area contributed by atoms with Crippen LogP contribution in [0, 0.1) is 11.8 Å². The highest BCUT2D eigenvalue weighted by Gasteiger charge is 2.07. The summed E-state index contributed by atoms with van der Waals surface area (Å²) in [5, 5.41) is 2.95. The minimum absolute atomic E-state index is 0.00200. The van der Waals surface area contributed by atoms with Crippen molar-refractivity contribution in [3.05, 3.63) is 65.2 Å². The fraction of sp³-hybridized carbons (Fsp3) is 0.318. The van der Waals surface area contributed by atoms with E-state index in [1.807, 2.05) is 62.4 Å². The van der Waals surface area contributed by atoms with Gasteiger partial charge < -0.3 is 15.8 Å². The Balaban J connectivity index is 1.92. The van der Waals surface area contributed by atoms with Gasteiger partial charge in [0.25, 0.3) is 0 Å². The molecule has 1 atom stereocenters. The van der Waals surface area contributed by atoms with Gasteiger partial charge in [-0.25, -0.2) is 0 Å².